The topological polar surface area (TPSA) is 75.7 Å². The van der Waals surface area contributed by atoms with Crippen molar-refractivity contribution in [1.29, 1.82) is 0 Å². The third-order valence-electron chi connectivity index (χ3n) is 5.72. The molecule has 6 nitrogen and oxygen atoms in total. The van der Waals surface area contributed by atoms with Gasteiger partial charge in [-0.15, -0.1) is 0 Å². The predicted molar refractivity (Wildman–Crippen MR) is 114 cm³/mol. The van der Waals surface area contributed by atoms with Gasteiger partial charge in [0.25, 0.3) is 0 Å². The zero-order valence-corrected chi connectivity index (χ0v) is 18.4. The van der Waals surface area contributed by atoms with Gasteiger partial charge in [0.2, 0.25) is 15.9 Å². The molecule has 0 saturated carbocycles. The number of carbonyl (C=O) groups excluding carboxylic acids is 1. The Morgan fingerprint density at radius 3 is 2.66 bits per heavy atom. The number of amides is 1. The van der Waals surface area contributed by atoms with Gasteiger partial charge in [-0.3, -0.25) is 4.79 Å². The Labute approximate surface area is 178 Å². The van der Waals surface area contributed by atoms with Crippen LogP contribution < -0.4 is 10.1 Å². The van der Waals surface area contributed by atoms with Crippen LogP contribution in [-0.2, 0) is 14.8 Å². The summed E-state index contributed by atoms with van der Waals surface area (Å²) in [5.41, 5.74) is 1.44. The molecule has 1 aromatic carbocycles. The lowest BCUT2D eigenvalue weighted by molar-refractivity contribution is -0.126. The first-order valence-electron chi connectivity index (χ1n) is 10.2. The number of allylic oxidation sites excluding steroid dienone is 1. The molecule has 1 saturated heterocycles. The van der Waals surface area contributed by atoms with Crippen LogP contribution in [0.15, 0.2) is 34.7 Å². The predicted octanol–water partition coefficient (Wildman–Crippen LogP) is 3.76. The molecule has 1 fully saturated rings. The second-order valence-electron chi connectivity index (χ2n) is 7.62. The minimum Gasteiger partial charge on any atom is -0.495 e. The number of carbonyl (C=O) groups is 1. The molecule has 160 valence electrons. The van der Waals surface area contributed by atoms with Crippen LogP contribution in [0.1, 0.15) is 44.9 Å². The van der Waals surface area contributed by atoms with Gasteiger partial charge < -0.3 is 10.1 Å². The van der Waals surface area contributed by atoms with E-state index in [9.17, 15) is 13.2 Å². The number of hydrogen-bond donors (Lipinski definition) is 1. The molecule has 1 amide bonds. The smallest absolute Gasteiger partial charge is 0.243 e. The monoisotopic (exact) mass is 440 g/mol. The van der Waals surface area contributed by atoms with Gasteiger partial charge in [-0.25, -0.2) is 8.42 Å². The van der Waals surface area contributed by atoms with Crippen LogP contribution in [0, 0.1) is 5.92 Å². The number of piperidine rings is 1. The summed E-state index contributed by atoms with van der Waals surface area (Å²) in [6.07, 6.45) is 9.06. The van der Waals surface area contributed by atoms with Crippen LogP contribution >= 0.6 is 11.6 Å². The zero-order valence-electron chi connectivity index (χ0n) is 16.8. The average molecular weight is 441 g/mol. The summed E-state index contributed by atoms with van der Waals surface area (Å²) in [7, 11) is -2.15. The fraction of sp³-hybridized carbons (Fsp3) is 0.571. The number of ether oxygens (including phenoxy) is 1. The first-order chi connectivity index (χ1) is 13.9. The van der Waals surface area contributed by atoms with Crippen LogP contribution in [-0.4, -0.2) is 45.4 Å². The van der Waals surface area contributed by atoms with Crippen molar-refractivity contribution in [3.05, 3.63) is 34.9 Å². The Hall–Kier alpha value is -1.57. The van der Waals surface area contributed by atoms with Crippen LogP contribution in [0.5, 0.6) is 5.75 Å². The largest absolute Gasteiger partial charge is 0.495 e. The minimum absolute atomic E-state index is 0.0333. The number of benzene rings is 1. The summed E-state index contributed by atoms with van der Waals surface area (Å²) in [5.74, 6) is 0.331. The maximum atomic E-state index is 12.9. The lowest BCUT2D eigenvalue weighted by Gasteiger charge is -2.30. The number of rotatable bonds is 7. The number of sulfonamides is 1. The van der Waals surface area contributed by atoms with E-state index in [-0.39, 0.29) is 21.7 Å². The Morgan fingerprint density at radius 2 is 2.03 bits per heavy atom. The maximum absolute atomic E-state index is 12.9. The fourth-order valence-electron chi connectivity index (χ4n) is 3.94. The van der Waals surface area contributed by atoms with E-state index in [4.69, 9.17) is 16.3 Å². The molecule has 0 bridgehead atoms. The van der Waals surface area contributed by atoms with E-state index in [2.05, 4.69) is 11.4 Å². The van der Waals surface area contributed by atoms with E-state index in [0.29, 0.717) is 38.2 Å². The highest BCUT2D eigenvalue weighted by atomic mass is 35.5. The first kappa shape index (κ1) is 22.1. The highest BCUT2D eigenvalue weighted by molar-refractivity contribution is 7.89. The van der Waals surface area contributed by atoms with Gasteiger partial charge in [0.1, 0.15) is 5.75 Å². The third kappa shape index (κ3) is 5.53. The molecule has 3 rings (SSSR count). The van der Waals surface area contributed by atoms with E-state index in [1.807, 2.05) is 0 Å². The Balaban J connectivity index is 1.50. The highest BCUT2D eigenvalue weighted by Crippen LogP contribution is 2.30. The first-order valence-corrected chi connectivity index (χ1v) is 12.0. The fourth-order valence-corrected chi connectivity index (χ4v) is 5.76. The van der Waals surface area contributed by atoms with Gasteiger partial charge in [-0.2, -0.15) is 4.31 Å². The summed E-state index contributed by atoms with van der Waals surface area (Å²) < 4.78 is 32.3. The number of nitrogens with zero attached hydrogens (tertiary/aromatic N) is 1. The SMILES string of the molecule is COc1ccc(S(=O)(=O)N2CCC(C(=O)NCCC3=CCCCC3)CC2)cc1Cl. The molecule has 1 aromatic rings. The van der Waals surface area contributed by atoms with Gasteiger partial charge in [0.05, 0.1) is 17.0 Å². The molecule has 1 aliphatic carbocycles. The van der Waals surface area contributed by atoms with Crippen molar-refractivity contribution in [3.8, 4) is 5.75 Å². The van der Waals surface area contributed by atoms with Crippen molar-refractivity contribution in [2.24, 2.45) is 5.92 Å². The average Bonchev–Trinajstić information content (AvgIpc) is 2.74. The van der Waals surface area contributed by atoms with Gasteiger partial charge in [-0.05, 0) is 63.1 Å². The molecule has 0 spiro atoms. The van der Waals surface area contributed by atoms with E-state index in [0.717, 1.165) is 19.3 Å². The second kappa shape index (κ2) is 9.96. The summed E-state index contributed by atoms with van der Waals surface area (Å²) in [4.78, 5) is 12.6. The molecule has 29 heavy (non-hydrogen) atoms. The van der Waals surface area contributed by atoms with Crippen LogP contribution in [0.2, 0.25) is 5.02 Å². The molecule has 0 radical (unpaired) electrons. The van der Waals surface area contributed by atoms with Crippen molar-refractivity contribution in [2.45, 2.75) is 49.8 Å². The summed E-state index contributed by atoms with van der Waals surface area (Å²) in [6.45, 7) is 1.32. The number of nitrogens with one attached hydrogen (secondary N) is 1. The molecule has 1 N–H and O–H groups in total. The summed E-state index contributed by atoms with van der Waals surface area (Å²) in [5, 5.41) is 3.29. The van der Waals surface area contributed by atoms with Crippen molar-refractivity contribution in [3.63, 3.8) is 0 Å². The molecule has 0 unspecified atom stereocenters. The number of hydrogen-bond acceptors (Lipinski definition) is 4. The standard InChI is InChI=1S/C21H29ClN2O4S/c1-28-20-8-7-18(15-19(20)22)29(26,27)24-13-10-17(11-14-24)21(25)23-12-9-16-5-3-2-4-6-16/h5,7-8,15,17H,2-4,6,9-14H2,1H3,(H,23,25). The molecule has 0 aromatic heterocycles. The van der Waals surface area contributed by atoms with Gasteiger partial charge >= 0.3 is 0 Å². The Morgan fingerprint density at radius 1 is 1.28 bits per heavy atom. The van der Waals surface area contributed by atoms with Gasteiger partial charge in [0, 0.05) is 25.6 Å². The van der Waals surface area contributed by atoms with E-state index >= 15 is 0 Å². The van der Waals surface area contributed by atoms with Crippen LogP contribution in [0.3, 0.4) is 0 Å². The molecule has 1 heterocycles. The molecular weight excluding hydrogens is 412 g/mol. The van der Waals surface area contributed by atoms with Gasteiger partial charge in [-0.1, -0.05) is 23.3 Å². The van der Waals surface area contributed by atoms with E-state index < -0.39 is 10.0 Å². The molecule has 1 aliphatic heterocycles. The Bertz CT molecular complexity index is 861. The maximum Gasteiger partial charge on any atom is 0.243 e. The molecule has 8 heteroatoms. The van der Waals surface area contributed by atoms with E-state index in [1.54, 1.807) is 6.07 Å². The zero-order chi connectivity index (χ0) is 20.9. The lowest BCUT2D eigenvalue weighted by Crippen LogP contribution is -2.43. The van der Waals surface area contributed by atoms with Gasteiger partial charge in [0.15, 0.2) is 0 Å². The third-order valence-corrected chi connectivity index (χ3v) is 7.91. The van der Waals surface area contributed by atoms with Crippen LogP contribution in [0.4, 0.5) is 0 Å². The Kier molecular flexibility index (Phi) is 7.60. The number of methoxy groups -OCH3 is 1. The quantitative estimate of drug-likeness (QED) is 0.655. The summed E-state index contributed by atoms with van der Waals surface area (Å²) >= 11 is 6.08. The minimum atomic E-state index is -3.64. The molecule has 2 aliphatic rings. The normalized spacial score (nSPS) is 18.9. The second-order valence-corrected chi connectivity index (χ2v) is 9.97. The van der Waals surface area contributed by atoms with Crippen LogP contribution in [0.25, 0.3) is 0 Å². The molecule has 0 atom stereocenters. The summed E-state index contributed by atoms with van der Waals surface area (Å²) in [6, 6.07) is 4.46. The van der Waals surface area contributed by atoms with Crippen molar-refractivity contribution in [1.82, 2.24) is 9.62 Å². The van der Waals surface area contributed by atoms with E-state index in [1.165, 1.54) is 42.0 Å². The van der Waals surface area contributed by atoms with Crippen molar-refractivity contribution < 1.29 is 17.9 Å². The van der Waals surface area contributed by atoms with Crippen molar-refractivity contribution >= 4 is 27.5 Å². The number of halogens is 1. The van der Waals surface area contributed by atoms with Crippen molar-refractivity contribution in [2.75, 3.05) is 26.7 Å². The molecular formula is C21H29ClN2O4S. The highest BCUT2D eigenvalue weighted by Gasteiger charge is 2.32. The lowest BCUT2D eigenvalue weighted by atomic mass is 9.96.